The van der Waals surface area contributed by atoms with Crippen molar-refractivity contribution in [2.75, 3.05) is 14.2 Å². The first kappa shape index (κ1) is 15.7. The van der Waals surface area contributed by atoms with Crippen molar-refractivity contribution in [3.05, 3.63) is 12.7 Å². The molecule has 5 nitrogen and oxygen atoms in total. The molecule has 1 N–H and O–H groups in total. The summed E-state index contributed by atoms with van der Waals surface area (Å²) in [7, 11) is 2.51. The van der Waals surface area contributed by atoms with Crippen molar-refractivity contribution in [3.8, 4) is 0 Å². The zero-order chi connectivity index (χ0) is 14.5. The van der Waals surface area contributed by atoms with Crippen molar-refractivity contribution in [1.82, 2.24) is 0 Å². The first-order chi connectivity index (χ1) is 9.01. The lowest BCUT2D eigenvalue weighted by atomic mass is 9.71. The van der Waals surface area contributed by atoms with Gasteiger partial charge in [0, 0.05) is 5.92 Å². The van der Waals surface area contributed by atoms with E-state index in [9.17, 15) is 14.7 Å². The van der Waals surface area contributed by atoms with E-state index in [1.807, 2.05) is 0 Å². The Balaban J connectivity index is 3.13. The average Bonchev–Trinajstić information content (AvgIpc) is 2.42. The normalized spacial score (nSPS) is 26.7. The van der Waals surface area contributed by atoms with Crippen LogP contribution in [0.5, 0.6) is 0 Å². The summed E-state index contributed by atoms with van der Waals surface area (Å²) in [6.45, 7) is 3.68. The fraction of sp³-hybridized carbons (Fsp3) is 0.714. The molecule has 2 atom stereocenters. The van der Waals surface area contributed by atoms with Gasteiger partial charge in [0.05, 0.1) is 20.3 Å². The average molecular weight is 270 g/mol. The van der Waals surface area contributed by atoms with Crippen molar-refractivity contribution in [1.29, 1.82) is 0 Å². The van der Waals surface area contributed by atoms with Crippen molar-refractivity contribution >= 4 is 11.9 Å². The minimum absolute atomic E-state index is 0.178. The second-order valence-corrected chi connectivity index (χ2v) is 4.98. The van der Waals surface area contributed by atoms with E-state index in [0.717, 1.165) is 6.42 Å². The molecule has 0 amide bonds. The van der Waals surface area contributed by atoms with Crippen LogP contribution in [-0.2, 0) is 19.1 Å². The molecule has 0 aliphatic heterocycles. The molecule has 0 aromatic carbocycles. The molecular weight excluding hydrogens is 248 g/mol. The first-order valence-electron chi connectivity index (χ1n) is 6.49. The van der Waals surface area contributed by atoms with Crippen LogP contribution in [0.15, 0.2) is 12.7 Å². The monoisotopic (exact) mass is 270 g/mol. The zero-order valence-electron chi connectivity index (χ0n) is 11.6. The Morgan fingerprint density at radius 1 is 1.26 bits per heavy atom. The lowest BCUT2D eigenvalue weighted by molar-refractivity contribution is -0.172. The predicted molar refractivity (Wildman–Crippen MR) is 69.2 cm³/mol. The van der Waals surface area contributed by atoms with Gasteiger partial charge in [0.15, 0.2) is 5.41 Å². The van der Waals surface area contributed by atoms with Crippen LogP contribution in [0.4, 0.5) is 0 Å². The smallest absolute Gasteiger partial charge is 0.323 e. The molecule has 0 unspecified atom stereocenters. The molecule has 1 fully saturated rings. The van der Waals surface area contributed by atoms with Crippen LogP contribution in [-0.4, -0.2) is 37.4 Å². The Hall–Kier alpha value is -1.36. The Kier molecular flexibility index (Phi) is 5.54. The van der Waals surface area contributed by atoms with E-state index in [4.69, 9.17) is 9.47 Å². The molecular formula is C14H22O5. The molecule has 0 aromatic rings. The largest absolute Gasteiger partial charge is 0.468 e. The highest BCUT2D eigenvalue weighted by Crippen LogP contribution is 2.39. The second kappa shape index (κ2) is 6.70. The maximum atomic E-state index is 12.1. The van der Waals surface area contributed by atoms with Gasteiger partial charge in [-0.15, -0.1) is 6.58 Å². The summed E-state index contributed by atoms with van der Waals surface area (Å²) in [5.41, 5.74) is -1.33. The Morgan fingerprint density at radius 3 is 2.32 bits per heavy atom. The molecule has 0 aromatic heterocycles. The van der Waals surface area contributed by atoms with E-state index in [0.29, 0.717) is 19.3 Å². The quantitative estimate of drug-likeness (QED) is 0.477. The third-order valence-corrected chi connectivity index (χ3v) is 3.89. The highest BCUT2D eigenvalue weighted by molar-refractivity contribution is 6.00. The van der Waals surface area contributed by atoms with E-state index in [2.05, 4.69) is 6.58 Å². The summed E-state index contributed by atoms with van der Waals surface area (Å²) in [6, 6.07) is 0. The van der Waals surface area contributed by atoms with Gasteiger partial charge in [-0.1, -0.05) is 18.9 Å². The van der Waals surface area contributed by atoms with Gasteiger partial charge in [0.1, 0.15) is 0 Å². The van der Waals surface area contributed by atoms with Gasteiger partial charge in [0.2, 0.25) is 0 Å². The Morgan fingerprint density at radius 2 is 1.84 bits per heavy atom. The summed E-state index contributed by atoms with van der Waals surface area (Å²) in [4.78, 5) is 24.2. The van der Waals surface area contributed by atoms with Gasteiger partial charge in [-0.3, -0.25) is 9.59 Å². The standard InChI is InChI=1S/C14H22O5/c1-4-10-9-14(12(16)18-2,13(17)19-3)8-6-5-7-11(10)15/h4,10-11,15H,1,5-9H2,2-3H3/t10-,11+/m1/s1. The maximum Gasteiger partial charge on any atom is 0.323 e. The molecule has 19 heavy (non-hydrogen) atoms. The fourth-order valence-electron chi connectivity index (χ4n) is 2.72. The summed E-state index contributed by atoms with van der Waals surface area (Å²) < 4.78 is 9.57. The van der Waals surface area contributed by atoms with Crippen LogP contribution in [0.1, 0.15) is 32.1 Å². The molecule has 0 heterocycles. The lowest BCUT2D eigenvalue weighted by Crippen LogP contribution is -2.45. The van der Waals surface area contributed by atoms with E-state index < -0.39 is 23.5 Å². The third-order valence-electron chi connectivity index (χ3n) is 3.89. The Labute approximate surface area is 113 Å². The van der Waals surface area contributed by atoms with E-state index >= 15 is 0 Å². The van der Waals surface area contributed by atoms with E-state index in [-0.39, 0.29) is 12.3 Å². The van der Waals surface area contributed by atoms with Gasteiger partial charge >= 0.3 is 11.9 Å². The summed E-state index contributed by atoms with van der Waals surface area (Å²) >= 11 is 0. The molecule has 0 saturated heterocycles. The number of hydrogen-bond donors (Lipinski definition) is 1. The first-order valence-corrected chi connectivity index (χ1v) is 6.49. The number of aliphatic hydroxyl groups excluding tert-OH is 1. The number of carbonyl (C=O) groups excluding carboxylic acids is 2. The van der Waals surface area contributed by atoms with E-state index in [1.54, 1.807) is 6.08 Å². The number of methoxy groups -OCH3 is 2. The molecule has 1 rings (SSSR count). The number of rotatable bonds is 3. The Bertz CT molecular complexity index is 334. The van der Waals surface area contributed by atoms with Crippen molar-refractivity contribution < 1.29 is 24.2 Å². The summed E-state index contributed by atoms with van der Waals surface area (Å²) in [5.74, 6) is -1.51. The van der Waals surface area contributed by atoms with Gasteiger partial charge in [-0.05, 0) is 19.3 Å². The van der Waals surface area contributed by atoms with Gasteiger partial charge in [0.25, 0.3) is 0 Å². The van der Waals surface area contributed by atoms with Crippen molar-refractivity contribution in [2.45, 2.75) is 38.2 Å². The maximum absolute atomic E-state index is 12.1. The predicted octanol–water partition coefficient (Wildman–Crippen LogP) is 1.45. The van der Waals surface area contributed by atoms with Crippen LogP contribution in [0.2, 0.25) is 0 Å². The molecule has 0 radical (unpaired) electrons. The molecule has 0 spiro atoms. The molecule has 1 aliphatic carbocycles. The highest BCUT2D eigenvalue weighted by atomic mass is 16.5. The fourth-order valence-corrected chi connectivity index (χ4v) is 2.72. The summed E-state index contributed by atoms with van der Waals surface area (Å²) in [5, 5.41) is 10.0. The molecule has 0 bridgehead atoms. The molecule has 5 heteroatoms. The summed E-state index contributed by atoms with van der Waals surface area (Å²) in [6.07, 6.45) is 3.63. The van der Waals surface area contributed by atoms with Crippen LogP contribution < -0.4 is 0 Å². The number of esters is 2. The van der Waals surface area contributed by atoms with Crippen LogP contribution in [0.25, 0.3) is 0 Å². The zero-order valence-corrected chi connectivity index (χ0v) is 11.6. The second-order valence-electron chi connectivity index (χ2n) is 4.98. The van der Waals surface area contributed by atoms with Crippen molar-refractivity contribution in [2.24, 2.45) is 11.3 Å². The minimum Gasteiger partial charge on any atom is -0.468 e. The lowest BCUT2D eigenvalue weighted by Gasteiger charge is -2.34. The number of ether oxygens (including phenoxy) is 2. The molecule has 1 aliphatic rings. The SMILES string of the molecule is C=C[C@@H]1CC(C(=O)OC)(C(=O)OC)CCCC[C@@H]1O. The topological polar surface area (TPSA) is 72.8 Å². The molecule has 108 valence electrons. The van der Waals surface area contributed by atoms with Crippen molar-refractivity contribution in [3.63, 3.8) is 0 Å². The third kappa shape index (κ3) is 3.15. The van der Waals surface area contributed by atoms with Gasteiger partial charge in [-0.2, -0.15) is 0 Å². The van der Waals surface area contributed by atoms with Crippen LogP contribution in [0.3, 0.4) is 0 Å². The number of carbonyl (C=O) groups is 2. The van der Waals surface area contributed by atoms with Crippen LogP contribution >= 0.6 is 0 Å². The number of hydrogen-bond acceptors (Lipinski definition) is 5. The molecule has 1 saturated carbocycles. The van der Waals surface area contributed by atoms with Gasteiger partial charge in [-0.25, -0.2) is 0 Å². The number of aliphatic hydroxyl groups is 1. The van der Waals surface area contributed by atoms with Gasteiger partial charge < -0.3 is 14.6 Å². The highest BCUT2D eigenvalue weighted by Gasteiger charge is 2.50. The van der Waals surface area contributed by atoms with Crippen LogP contribution in [0, 0.1) is 11.3 Å². The minimum atomic E-state index is -1.33. The van der Waals surface area contributed by atoms with E-state index in [1.165, 1.54) is 14.2 Å².